The zero-order chi connectivity index (χ0) is 21.1. The molecule has 0 bridgehead atoms. The van der Waals surface area contributed by atoms with Crippen molar-refractivity contribution in [3.63, 3.8) is 0 Å². The smallest absolute Gasteiger partial charge is 0.222 e. The lowest BCUT2D eigenvalue weighted by Gasteiger charge is -2.33. The van der Waals surface area contributed by atoms with E-state index >= 15 is 0 Å². The van der Waals surface area contributed by atoms with Gasteiger partial charge >= 0.3 is 0 Å². The molecule has 0 radical (unpaired) electrons. The molecule has 30 heavy (non-hydrogen) atoms. The summed E-state index contributed by atoms with van der Waals surface area (Å²) < 4.78 is 14.1. The maximum absolute atomic E-state index is 14.1. The first-order chi connectivity index (χ1) is 14.5. The van der Waals surface area contributed by atoms with Gasteiger partial charge in [0.1, 0.15) is 5.69 Å². The fraction of sp³-hybridized carbons (Fsp3) is 0.273. The van der Waals surface area contributed by atoms with Gasteiger partial charge < -0.3 is 16.4 Å². The Morgan fingerprint density at radius 1 is 1.23 bits per heavy atom. The van der Waals surface area contributed by atoms with E-state index in [0.717, 1.165) is 37.2 Å². The molecular weight excluding hydrogens is 383 g/mol. The van der Waals surface area contributed by atoms with Crippen LogP contribution in [0.1, 0.15) is 28.9 Å². The van der Waals surface area contributed by atoms with E-state index < -0.39 is 5.95 Å². The third-order valence-electron chi connectivity index (χ3n) is 5.26. The minimum Gasteiger partial charge on any atom is -0.397 e. The Kier molecular flexibility index (Phi) is 5.67. The van der Waals surface area contributed by atoms with Crippen molar-refractivity contribution >= 4 is 17.2 Å². The van der Waals surface area contributed by atoms with Crippen LogP contribution in [0, 0.1) is 5.95 Å². The Morgan fingerprint density at radius 3 is 2.90 bits per heavy atom. The maximum atomic E-state index is 14.1. The second-order valence-electron chi connectivity index (χ2n) is 7.43. The van der Waals surface area contributed by atoms with Gasteiger partial charge in [-0.15, -0.1) is 0 Å². The van der Waals surface area contributed by atoms with E-state index in [4.69, 9.17) is 11.5 Å². The summed E-state index contributed by atoms with van der Waals surface area (Å²) in [6, 6.07) is 8.26. The molecule has 1 saturated heterocycles. The predicted octanol–water partition coefficient (Wildman–Crippen LogP) is 2.61. The number of nitrogen functional groups attached to an aromatic ring is 1. The first-order valence-electron chi connectivity index (χ1n) is 9.87. The number of aromatic nitrogens is 3. The quantitative estimate of drug-likeness (QED) is 0.495. The van der Waals surface area contributed by atoms with Crippen molar-refractivity contribution in [1.29, 1.82) is 0 Å². The van der Waals surface area contributed by atoms with Crippen LogP contribution >= 0.6 is 0 Å². The van der Waals surface area contributed by atoms with Gasteiger partial charge in [-0.1, -0.05) is 0 Å². The number of hydrogen-bond acceptors (Lipinski definition) is 7. The number of nitrogens with two attached hydrogens (primary N) is 2. The molecule has 1 atom stereocenters. The van der Waals surface area contributed by atoms with Crippen LogP contribution in [0.4, 0.5) is 15.8 Å². The van der Waals surface area contributed by atoms with Gasteiger partial charge in [0.25, 0.3) is 0 Å². The van der Waals surface area contributed by atoms with E-state index in [1.165, 1.54) is 6.20 Å². The van der Waals surface area contributed by atoms with E-state index in [9.17, 15) is 9.18 Å². The summed E-state index contributed by atoms with van der Waals surface area (Å²) in [6.45, 7) is 1.60. The summed E-state index contributed by atoms with van der Waals surface area (Å²) in [5, 5.41) is 0. The molecule has 4 heterocycles. The van der Waals surface area contributed by atoms with E-state index in [-0.39, 0.29) is 35.2 Å². The molecule has 0 aliphatic carbocycles. The van der Waals surface area contributed by atoms with Gasteiger partial charge in [-0.25, -0.2) is 9.97 Å². The number of nitrogens with zero attached hydrogens (tertiary/aromatic N) is 4. The van der Waals surface area contributed by atoms with Crippen molar-refractivity contribution in [2.24, 2.45) is 5.73 Å². The first kappa shape index (κ1) is 19.9. The number of ketones is 1. The highest BCUT2D eigenvalue weighted by Crippen LogP contribution is 2.26. The summed E-state index contributed by atoms with van der Waals surface area (Å²) in [5.41, 5.74) is 14.8. The Morgan fingerprint density at radius 2 is 2.10 bits per heavy atom. The van der Waals surface area contributed by atoms with E-state index in [1.54, 1.807) is 36.7 Å². The van der Waals surface area contributed by atoms with Crippen molar-refractivity contribution < 1.29 is 9.18 Å². The number of Topliss-reactive ketones (excluding diaryl/α,β-unsaturated/α-hetero) is 1. The maximum Gasteiger partial charge on any atom is 0.222 e. The Hall–Kier alpha value is -3.39. The molecule has 3 aromatic heterocycles. The second-order valence-corrected chi connectivity index (χ2v) is 7.43. The predicted molar refractivity (Wildman–Crippen MR) is 114 cm³/mol. The molecule has 1 aliphatic heterocycles. The summed E-state index contributed by atoms with van der Waals surface area (Å²) in [6.07, 6.45) is 6.88. The Balaban J connectivity index is 1.62. The largest absolute Gasteiger partial charge is 0.397 e. The molecule has 1 aliphatic rings. The molecule has 4 N–H and O–H groups in total. The monoisotopic (exact) mass is 406 g/mol. The van der Waals surface area contributed by atoms with Crippen molar-refractivity contribution in [1.82, 2.24) is 15.0 Å². The average molecular weight is 406 g/mol. The molecule has 3 aromatic rings. The molecule has 4 rings (SSSR count). The molecule has 0 amide bonds. The second kappa shape index (κ2) is 8.54. The van der Waals surface area contributed by atoms with E-state index in [0.29, 0.717) is 5.69 Å². The highest BCUT2D eigenvalue weighted by atomic mass is 19.1. The summed E-state index contributed by atoms with van der Waals surface area (Å²) >= 11 is 0. The van der Waals surface area contributed by atoms with Crippen molar-refractivity contribution in [3.05, 3.63) is 66.1 Å². The fourth-order valence-corrected chi connectivity index (χ4v) is 3.76. The zero-order valence-corrected chi connectivity index (χ0v) is 16.5. The Bertz CT molecular complexity index is 1070. The van der Waals surface area contributed by atoms with Crippen LogP contribution in [0.15, 0.2) is 48.9 Å². The number of rotatable bonds is 5. The fourth-order valence-electron chi connectivity index (χ4n) is 3.76. The number of hydrogen-bond donors (Lipinski definition) is 2. The van der Waals surface area contributed by atoms with Crippen LogP contribution in [-0.2, 0) is 6.42 Å². The van der Waals surface area contributed by atoms with Crippen LogP contribution < -0.4 is 16.4 Å². The average Bonchev–Trinajstić information content (AvgIpc) is 2.75. The van der Waals surface area contributed by atoms with Crippen molar-refractivity contribution in [3.8, 4) is 11.3 Å². The van der Waals surface area contributed by atoms with Crippen LogP contribution in [0.5, 0.6) is 0 Å². The van der Waals surface area contributed by atoms with Gasteiger partial charge in [-0.2, -0.15) is 4.39 Å². The summed E-state index contributed by atoms with van der Waals surface area (Å²) in [4.78, 5) is 27.5. The SMILES string of the molecule is Nc1ccc(-c2cccnc2F)nc1C(=O)Cc1ccncc1N1CCCC(N)C1. The van der Waals surface area contributed by atoms with Gasteiger partial charge in [-0.05, 0) is 48.7 Å². The number of carbonyl (C=O) groups is 1. The molecule has 154 valence electrons. The third-order valence-corrected chi connectivity index (χ3v) is 5.26. The zero-order valence-electron chi connectivity index (χ0n) is 16.5. The summed E-state index contributed by atoms with van der Waals surface area (Å²) in [5.74, 6) is -0.890. The normalized spacial score (nSPS) is 16.5. The number of pyridine rings is 3. The molecule has 0 saturated carbocycles. The molecule has 0 aromatic carbocycles. The van der Waals surface area contributed by atoms with Crippen molar-refractivity contribution in [2.45, 2.75) is 25.3 Å². The van der Waals surface area contributed by atoms with Crippen LogP contribution in [0.2, 0.25) is 0 Å². The van der Waals surface area contributed by atoms with Crippen molar-refractivity contribution in [2.75, 3.05) is 23.7 Å². The van der Waals surface area contributed by atoms with Crippen LogP contribution in [0.3, 0.4) is 0 Å². The minimum atomic E-state index is -0.647. The molecule has 8 heteroatoms. The van der Waals surface area contributed by atoms with E-state index in [2.05, 4.69) is 19.9 Å². The lowest BCUT2D eigenvalue weighted by Crippen LogP contribution is -2.43. The molecule has 1 unspecified atom stereocenters. The molecule has 0 spiro atoms. The standard InChI is InChI=1S/C22H23FN6O/c23-22-16(4-1-8-27-22)18-6-5-17(25)21(28-18)20(30)11-14-7-9-26-12-19(14)29-10-2-3-15(24)13-29/h1,4-9,12,15H,2-3,10-11,13,24-25H2. The minimum absolute atomic E-state index is 0.103. The molecule has 7 nitrogen and oxygen atoms in total. The molecule has 1 fully saturated rings. The lowest BCUT2D eigenvalue weighted by molar-refractivity contribution is 0.0989. The summed E-state index contributed by atoms with van der Waals surface area (Å²) in [7, 11) is 0. The Labute approximate surface area is 174 Å². The van der Waals surface area contributed by atoms with Gasteiger partial charge in [0.2, 0.25) is 5.95 Å². The van der Waals surface area contributed by atoms with Gasteiger partial charge in [0, 0.05) is 37.9 Å². The highest BCUT2D eigenvalue weighted by Gasteiger charge is 2.22. The van der Waals surface area contributed by atoms with Gasteiger partial charge in [0.15, 0.2) is 5.78 Å². The van der Waals surface area contributed by atoms with Gasteiger partial charge in [0.05, 0.1) is 28.8 Å². The highest BCUT2D eigenvalue weighted by molar-refractivity contribution is 6.01. The topological polar surface area (TPSA) is 111 Å². The van der Waals surface area contributed by atoms with Gasteiger partial charge in [-0.3, -0.25) is 9.78 Å². The van der Waals surface area contributed by atoms with Crippen LogP contribution in [0.25, 0.3) is 11.3 Å². The number of halogens is 1. The third kappa shape index (κ3) is 4.13. The number of carbonyl (C=O) groups excluding carboxylic acids is 1. The number of anilines is 2. The van der Waals surface area contributed by atoms with E-state index in [1.807, 2.05) is 6.07 Å². The first-order valence-corrected chi connectivity index (χ1v) is 9.87. The lowest BCUT2D eigenvalue weighted by atomic mass is 10.0. The number of piperidine rings is 1. The van der Waals surface area contributed by atoms with Crippen LogP contribution in [-0.4, -0.2) is 39.9 Å². The molecular formula is C22H23FN6O.